The molecule has 1 aliphatic rings. The van der Waals surface area contributed by atoms with Gasteiger partial charge in [0.25, 0.3) is 5.91 Å². The number of benzene rings is 2. The van der Waals surface area contributed by atoms with Gasteiger partial charge in [0.15, 0.2) is 0 Å². The fourth-order valence-corrected chi connectivity index (χ4v) is 3.69. The van der Waals surface area contributed by atoms with Crippen LogP contribution in [0.5, 0.6) is 0 Å². The van der Waals surface area contributed by atoms with Crippen LogP contribution in [-0.2, 0) is 4.79 Å². The number of nitrogens with one attached hydrogen (secondary N) is 1. The van der Waals surface area contributed by atoms with E-state index in [1.807, 2.05) is 47.0 Å². The molecule has 0 bridgehead atoms. The first-order valence-electron chi connectivity index (χ1n) is 8.97. The number of hydrogen-bond acceptors (Lipinski definition) is 2. The van der Waals surface area contributed by atoms with E-state index in [9.17, 15) is 4.79 Å². The number of anilines is 1. The standard InChI is InChI=1S/C23H16ClN3O/c1-14-5-7-15(8-6-14)22-20(27-11-3-2-4-21(27)26-22)13-18-17-12-16(24)9-10-19(17)25-23(18)28/h2-13H,1H3,(H,25,28)/b18-13+. The van der Waals surface area contributed by atoms with Crippen molar-refractivity contribution in [3.8, 4) is 11.3 Å². The number of carbonyl (C=O) groups is 1. The largest absolute Gasteiger partial charge is 0.321 e. The topological polar surface area (TPSA) is 46.4 Å². The average molecular weight is 386 g/mol. The molecule has 0 saturated carbocycles. The van der Waals surface area contributed by atoms with Crippen molar-refractivity contribution in [3.05, 3.63) is 88.7 Å². The lowest BCUT2D eigenvalue weighted by molar-refractivity contribution is -0.110. The Balaban J connectivity index is 1.77. The van der Waals surface area contributed by atoms with Gasteiger partial charge in [-0.2, -0.15) is 0 Å². The second-order valence-electron chi connectivity index (χ2n) is 6.84. The predicted octanol–water partition coefficient (Wildman–Crippen LogP) is 5.46. The molecule has 1 aliphatic heterocycles. The molecule has 4 aromatic rings. The van der Waals surface area contributed by atoms with Gasteiger partial charge in [-0.25, -0.2) is 4.98 Å². The first kappa shape index (κ1) is 16.8. The summed E-state index contributed by atoms with van der Waals surface area (Å²) >= 11 is 6.17. The molecule has 136 valence electrons. The van der Waals surface area contributed by atoms with Gasteiger partial charge in [-0.3, -0.25) is 9.20 Å². The van der Waals surface area contributed by atoms with E-state index in [1.54, 1.807) is 6.07 Å². The van der Waals surface area contributed by atoms with Crippen molar-refractivity contribution in [2.45, 2.75) is 6.92 Å². The van der Waals surface area contributed by atoms with Crippen molar-refractivity contribution in [2.75, 3.05) is 5.32 Å². The number of nitrogens with zero attached hydrogens (tertiary/aromatic N) is 2. The Morgan fingerprint density at radius 3 is 2.71 bits per heavy atom. The van der Waals surface area contributed by atoms with Gasteiger partial charge in [0.05, 0.1) is 17.0 Å². The Kier molecular flexibility index (Phi) is 3.81. The van der Waals surface area contributed by atoms with E-state index in [0.717, 1.165) is 33.8 Å². The highest BCUT2D eigenvalue weighted by atomic mass is 35.5. The molecule has 1 N–H and O–H groups in total. The third-order valence-corrected chi connectivity index (χ3v) is 5.17. The molecule has 5 rings (SSSR count). The molecule has 2 aromatic carbocycles. The molecule has 0 radical (unpaired) electrons. The number of fused-ring (bicyclic) bond motifs is 2. The molecule has 0 fully saturated rings. The molecule has 4 nitrogen and oxygen atoms in total. The minimum Gasteiger partial charge on any atom is -0.321 e. The Morgan fingerprint density at radius 1 is 1.07 bits per heavy atom. The Labute approximate surface area is 167 Å². The monoisotopic (exact) mass is 385 g/mol. The smallest absolute Gasteiger partial charge is 0.256 e. The summed E-state index contributed by atoms with van der Waals surface area (Å²) in [5.74, 6) is -0.141. The zero-order valence-corrected chi connectivity index (χ0v) is 15.9. The van der Waals surface area contributed by atoms with Crippen molar-refractivity contribution in [3.63, 3.8) is 0 Å². The minimum atomic E-state index is -0.141. The number of rotatable bonds is 2. The third-order valence-electron chi connectivity index (χ3n) is 4.94. The van der Waals surface area contributed by atoms with E-state index in [2.05, 4.69) is 36.5 Å². The van der Waals surface area contributed by atoms with Crippen LogP contribution in [0.1, 0.15) is 16.8 Å². The summed E-state index contributed by atoms with van der Waals surface area (Å²) in [7, 11) is 0. The van der Waals surface area contributed by atoms with Crippen molar-refractivity contribution in [1.82, 2.24) is 9.38 Å². The number of aryl methyl sites for hydroxylation is 1. The van der Waals surface area contributed by atoms with Crippen LogP contribution in [0.15, 0.2) is 66.9 Å². The highest BCUT2D eigenvalue weighted by molar-refractivity contribution is 6.36. The number of aromatic nitrogens is 2. The van der Waals surface area contributed by atoms with Crippen molar-refractivity contribution < 1.29 is 4.79 Å². The summed E-state index contributed by atoms with van der Waals surface area (Å²) in [6.45, 7) is 2.06. The van der Waals surface area contributed by atoms with Gasteiger partial charge >= 0.3 is 0 Å². The zero-order chi connectivity index (χ0) is 19.3. The van der Waals surface area contributed by atoms with E-state index >= 15 is 0 Å². The van der Waals surface area contributed by atoms with E-state index < -0.39 is 0 Å². The van der Waals surface area contributed by atoms with Crippen LogP contribution in [0.3, 0.4) is 0 Å². The Morgan fingerprint density at radius 2 is 1.89 bits per heavy atom. The highest BCUT2D eigenvalue weighted by Gasteiger charge is 2.25. The second kappa shape index (κ2) is 6.36. The molecule has 0 atom stereocenters. The summed E-state index contributed by atoms with van der Waals surface area (Å²) in [5.41, 5.74) is 6.87. The zero-order valence-electron chi connectivity index (χ0n) is 15.1. The van der Waals surface area contributed by atoms with E-state index in [4.69, 9.17) is 16.6 Å². The molecule has 28 heavy (non-hydrogen) atoms. The van der Waals surface area contributed by atoms with Crippen LogP contribution in [0.2, 0.25) is 5.02 Å². The first-order chi connectivity index (χ1) is 13.6. The number of carbonyl (C=O) groups excluding carboxylic acids is 1. The molecule has 0 saturated heterocycles. The molecule has 3 heterocycles. The number of amides is 1. The van der Waals surface area contributed by atoms with E-state index in [-0.39, 0.29) is 5.91 Å². The van der Waals surface area contributed by atoms with Crippen LogP contribution in [0, 0.1) is 6.92 Å². The lowest BCUT2D eigenvalue weighted by Gasteiger charge is -2.04. The van der Waals surface area contributed by atoms with Crippen LogP contribution < -0.4 is 5.32 Å². The highest BCUT2D eigenvalue weighted by Crippen LogP contribution is 2.36. The Hall–Kier alpha value is -3.37. The first-order valence-corrected chi connectivity index (χ1v) is 9.35. The van der Waals surface area contributed by atoms with Crippen LogP contribution >= 0.6 is 11.6 Å². The van der Waals surface area contributed by atoms with Gasteiger partial charge in [-0.05, 0) is 43.3 Å². The Bertz CT molecular complexity index is 1270. The molecule has 2 aromatic heterocycles. The van der Waals surface area contributed by atoms with Gasteiger partial charge in [0.2, 0.25) is 0 Å². The maximum absolute atomic E-state index is 12.6. The molecular formula is C23H16ClN3O. The van der Waals surface area contributed by atoms with E-state index in [1.165, 1.54) is 5.56 Å². The van der Waals surface area contributed by atoms with E-state index in [0.29, 0.717) is 10.6 Å². The summed E-state index contributed by atoms with van der Waals surface area (Å²) in [6.07, 6.45) is 3.85. The van der Waals surface area contributed by atoms with Gasteiger partial charge < -0.3 is 5.32 Å². The SMILES string of the molecule is Cc1ccc(-c2nc3ccccn3c2/C=C2/C(=O)Nc3ccc(Cl)cc32)cc1. The van der Waals surface area contributed by atoms with Crippen molar-refractivity contribution in [1.29, 1.82) is 0 Å². The maximum atomic E-state index is 12.6. The maximum Gasteiger partial charge on any atom is 0.256 e. The number of halogens is 1. The molecule has 5 heteroatoms. The fourth-order valence-electron chi connectivity index (χ4n) is 3.52. The van der Waals surface area contributed by atoms with Crippen LogP contribution in [-0.4, -0.2) is 15.3 Å². The van der Waals surface area contributed by atoms with Crippen LogP contribution in [0.4, 0.5) is 5.69 Å². The average Bonchev–Trinajstić information content (AvgIpc) is 3.21. The normalized spacial score (nSPS) is 14.5. The predicted molar refractivity (Wildman–Crippen MR) is 113 cm³/mol. The second-order valence-corrected chi connectivity index (χ2v) is 7.28. The van der Waals surface area contributed by atoms with Gasteiger partial charge in [-0.1, -0.05) is 47.5 Å². The van der Waals surface area contributed by atoms with Gasteiger partial charge in [0, 0.05) is 28.0 Å². The van der Waals surface area contributed by atoms with Crippen LogP contribution in [0.25, 0.3) is 28.6 Å². The van der Waals surface area contributed by atoms with Gasteiger partial charge in [-0.15, -0.1) is 0 Å². The summed E-state index contributed by atoms with van der Waals surface area (Å²) in [6, 6.07) is 19.5. The van der Waals surface area contributed by atoms with Crippen molar-refractivity contribution in [2.24, 2.45) is 0 Å². The molecule has 1 amide bonds. The molecule has 0 spiro atoms. The third kappa shape index (κ3) is 2.70. The lowest BCUT2D eigenvalue weighted by Crippen LogP contribution is -2.04. The number of pyridine rings is 1. The fraction of sp³-hybridized carbons (Fsp3) is 0.0435. The quantitative estimate of drug-likeness (QED) is 0.466. The summed E-state index contributed by atoms with van der Waals surface area (Å²) in [4.78, 5) is 17.5. The van der Waals surface area contributed by atoms with Gasteiger partial charge in [0.1, 0.15) is 5.65 Å². The number of imidazole rings is 1. The molecule has 0 aliphatic carbocycles. The number of hydrogen-bond donors (Lipinski definition) is 1. The lowest BCUT2D eigenvalue weighted by atomic mass is 10.0. The molecular weight excluding hydrogens is 370 g/mol. The minimum absolute atomic E-state index is 0.141. The summed E-state index contributed by atoms with van der Waals surface area (Å²) < 4.78 is 2.00. The molecule has 0 unspecified atom stereocenters. The summed E-state index contributed by atoms with van der Waals surface area (Å²) in [5, 5.41) is 3.50. The van der Waals surface area contributed by atoms with Crippen molar-refractivity contribution >= 4 is 40.5 Å².